The molecule has 0 bridgehead atoms. The number of hydrogen-bond acceptors (Lipinski definition) is 5. The van der Waals surface area contributed by atoms with Gasteiger partial charge in [-0.3, -0.25) is 19.7 Å². The van der Waals surface area contributed by atoms with Crippen molar-refractivity contribution in [1.29, 1.82) is 0 Å². The van der Waals surface area contributed by atoms with Crippen LogP contribution in [0.1, 0.15) is 22.3 Å². The molecule has 1 fully saturated rings. The summed E-state index contributed by atoms with van der Waals surface area (Å²) in [5, 5.41) is 2.14. The van der Waals surface area contributed by atoms with Crippen LogP contribution in [0.4, 0.5) is 10.5 Å². The molecule has 0 saturated carbocycles. The molecule has 0 unspecified atom stereocenters. The summed E-state index contributed by atoms with van der Waals surface area (Å²) >= 11 is 7.22. The molecule has 2 aliphatic rings. The smallest absolute Gasteiger partial charge is 0.290 e. The lowest BCUT2D eigenvalue weighted by molar-refractivity contribution is -0.121. The van der Waals surface area contributed by atoms with Gasteiger partial charge >= 0.3 is 0 Å². The Balaban J connectivity index is 1.74. The van der Waals surface area contributed by atoms with Crippen molar-refractivity contribution in [3.8, 4) is 5.75 Å². The number of aryl methyl sites for hydroxylation is 2. The van der Waals surface area contributed by atoms with Crippen molar-refractivity contribution in [2.45, 2.75) is 20.4 Å². The van der Waals surface area contributed by atoms with Gasteiger partial charge in [-0.05, 0) is 54.9 Å². The van der Waals surface area contributed by atoms with Gasteiger partial charge in [-0.1, -0.05) is 40.9 Å². The average molecular weight is 429 g/mol. The lowest BCUT2D eigenvalue weighted by atomic mass is 10.1. The number of hydrogen-bond donors (Lipinski definition) is 1. The van der Waals surface area contributed by atoms with E-state index in [-0.39, 0.29) is 17.4 Å². The number of rotatable bonds is 3. The quantitative estimate of drug-likeness (QED) is 0.741. The molecule has 2 aromatic carbocycles. The molecule has 3 amide bonds. The van der Waals surface area contributed by atoms with Gasteiger partial charge in [-0.15, -0.1) is 0 Å². The summed E-state index contributed by atoms with van der Waals surface area (Å²) in [6.45, 7) is 4.31. The standard InChI is InChI=1S/C21H17ClN2O4S/c1-11-3-12(2)5-14(4-11)9-24-16-7-13(8-17-20(26)23-21(27)29-17)6-15(22)19(16)28-10-18(24)25/h3-8H,9-10H2,1-2H3,(H,23,26,27). The minimum Gasteiger partial charge on any atom is -0.480 e. The lowest BCUT2D eigenvalue weighted by Crippen LogP contribution is -2.38. The number of thioether (sulfide) groups is 1. The van der Waals surface area contributed by atoms with E-state index in [9.17, 15) is 14.4 Å². The fourth-order valence-electron chi connectivity index (χ4n) is 3.46. The number of nitrogens with one attached hydrogen (secondary N) is 1. The first kappa shape index (κ1) is 19.5. The largest absolute Gasteiger partial charge is 0.480 e. The Morgan fingerprint density at radius 3 is 2.52 bits per heavy atom. The van der Waals surface area contributed by atoms with Crippen LogP contribution in [0.25, 0.3) is 6.08 Å². The highest BCUT2D eigenvalue weighted by Crippen LogP contribution is 2.41. The van der Waals surface area contributed by atoms with Crippen molar-refractivity contribution in [2.24, 2.45) is 0 Å². The van der Waals surface area contributed by atoms with E-state index in [1.807, 2.05) is 26.0 Å². The summed E-state index contributed by atoms with van der Waals surface area (Å²) in [5.74, 6) is -0.202. The monoisotopic (exact) mass is 428 g/mol. The highest BCUT2D eigenvalue weighted by molar-refractivity contribution is 8.18. The summed E-state index contributed by atoms with van der Waals surface area (Å²) in [7, 11) is 0. The van der Waals surface area contributed by atoms with E-state index in [0.717, 1.165) is 28.5 Å². The molecule has 4 rings (SSSR count). The Morgan fingerprint density at radius 2 is 1.86 bits per heavy atom. The number of benzene rings is 2. The number of carbonyl (C=O) groups excluding carboxylic acids is 3. The zero-order valence-corrected chi connectivity index (χ0v) is 17.3. The summed E-state index contributed by atoms with van der Waals surface area (Å²) in [4.78, 5) is 37.8. The molecular formula is C21H17ClN2O4S. The van der Waals surface area contributed by atoms with Crippen LogP contribution in [0.15, 0.2) is 35.2 Å². The molecule has 1 saturated heterocycles. The number of fused-ring (bicyclic) bond motifs is 1. The summed E-state index contributed by atoms with van der Waals surface area (Å²) < 4.78 is 5.56. The number of amides is 3. The highest BCUT2D eigenvalue weighted by atomic mass is 35.5. The third-order valence-corrected chi connectivity index (χ3v) is 5.63. The number of halogens is 1. The maximum absolute atomic E-state index is 12.6. The molecule has 8 heteroatoms. The van der Waals surface area contributed by atoms with Gasteiger partial charge in [0, 0.05) is 0 Å². The number of carbonyl (C=O) groups is 3. The van der Waals surface area contributed by atoms with Crippen LogP contribution < -0.4 is 15.0 Å². The normalized spacial score (nSPS) is 17.4. The zero-order chi connectivity index (χ0) is 20.7. The average Bonchev–Trinajstić information content (AvgIpc) is 2.94. The van der Waals surface area contributed by atoms with Crippen molar-refractivity contribution in [3.05, 3.63) is 62.5 Å². The molecule has 0 radical (unpaired) electrons. The summed E-state index contributed by atoms with van der Waals surface area (Å²) in [6.07, 6.45) is 1.57. The summed E-state index contributed by atoms with van der Waals surface area (Å²) in [5.41, 5.74) is 4.37. The van der Waals surface area contributed by atoms with Crippen molar-refractivity contribution in [2.75, 3.05) is 11.5 Å². The second-order valence-electron chi connectivity index (χ2n) is 6.97. The van der Waals surface area contributed by atoms with Gasteiger partial charge in [-0.25, -0.2) is 0 Å². The van der Waals surface area contributed by atoms with E-state index >= 15 is 0 Å². The molecule has 1 N–H and O–H groups in total. The Hall–Kier alpha value is -2.77. The number of nitrogens with zero attached hydrogens (tertiary/aromatic N) is 1. The molecule has 2 aliphatic heterocycles. The van der Waals surface area contributed by atoms with Crippen LogP contribution in [0.3, 0.4) is 0 Å². The molecule has 0 aliphatic carbocycles. The minimum atomic E-state index is -0.451. The molecule has 0 spiro atoms. The van der Waals surface area contributed by atoms with E-state index in [1.54, 1.807) is 23.1 Å². The Labute approximate surface area is 176 Å². The van der Waals surface area contributed by atoms with Gasteiger partial charge < -0.3 is 9.64 Å². The van der Waals surface area contributed by atoms with Crippen LogP contribution >= 0.6 is 23.4 Å². The fourth-order valence-corrected chi connectivity index (χ4v) is 4.42. The summed E-state index contributed by atoms with van der Waals surface area (Å²) in [6, 6.07) is 9.53. The lowest BCUT2D eigenvalue weighted by Gasteiger charge is -2.30. The van der Waals surface area contributed by atoms with Crippen LogP contribution in [-0.4, -0.2) is 23.7 Å². The number of imide groups is 1. The van der Waals surface area contributed by atoms with Crippen molar-refractivity contribution >= 4 is 52.2 Å². The molecule has 6 nitrogen and oxygen atoms in total. The molecule has 0 atom stereocenters. The predicted molar refractivity (Wildman–Crippen MR) is 113 cm³/mol. The van der Waals surface area contributed by atoms with Crippen molar-refractivity contribution < 1.29 is 19.1 Å². The SMILES string of the molecule is Cc1cc(C)cc(CN2C(=O)COc3c(Cl)cc(C=C4SC(=O)NC4=O)cc32)c1. The molecule has 29 heavy (non-hydrogen) atoms. The minimum absolute atomic E-state index is 0.0925. The second-order valence-corrected chi connectivity index (χ2v) is 8.39. The van der Waals surface area contributed by atoms with Gasteiger partial charge in [-0.2, -0.15) is 0 Å². The maximum atomic E-state index is 12.6. The van der Waals surface area contributed by atoms with Crippen LogP contribution in [-0.2, 0) is 16.1 Å². The molecule has 2 heterocycles. The van der Waals surface area contributed by atoms with Crippen molar-refractivity contribution in [3.63, 3.8) is 0 Å². The first-order valence-electron chi connectivity index (χ1n) is 8.89. The first-order valence-corrected chi connectivity index (χ1v) is 10.1. The van der Waals surface area contributed by atoms with E-state index < -0.39 is 11.1 Å². The van der Waals surface area contributed by atoms with Gasteiger partial charge in [0.25, 0.3) is 17.1 Å². The number of anilines is 1. The topological polar surface area (TPSA) is 75.7 Å². The van der Waals surface area contributed by atoms with Gasteiger partial charge in [0.15, 0.2) is 12.4 Å². The van der Waals surface area contributed by atoms with E-state index in [2.05, 4.69) is 11.4 Å². The Morgan fingerprint density at radius 1 is 1.14 bits per heavy atom. The molecule has 148 valence electrons. The van der Waals surface area contributed by atoms with Crippen LogP contribution in [0, 0.1) is 13.8 Å². The van der Waals surface area contributed by atoms with E-state index in [0.29, 0.717) is 28.6 Å². The predicted octanol–water partition coefficient (Wildman–Crippen LogP) is 4.21. The molecule has 2 aromatic rings. The Kier molecular flexibility index (Phi) is 5.10. The van der Waals surface area contributed by atoms with Crippen LogP contribution in [0.2, 0.25) is 5.02 Å². The number of ether oxygens (including phenoxy) is 1. The van der Waals surface area contributed by atoms with Gasteiger partial charge in [0.05, 0.1) is 22.2 Å². The van der Waals surface area contributed by atoms with Crippen molar-refractivity contribution in [1.82, 2.24) is 5.32 Å². The van der Waals surface area contributed by atoms with Gasteiger partial charge in [0.2, 0.25) is 0 Å². The third kappa shape index (κ3) is 4.02. The van der Waals surface area contributed by atoms with E-state index in [4.69, 9.17) is 16.3 Å². The fraction of sp³-hybridized carbons (Fsp3) is 0.190. The molecular weight excluding hydrogens is 412 g/mol. The van der Waals surface area contributed by atoms with E-state index in [1.165, 1.54) is 0 Å². The third-order valence-electron chi connectivity index (χ3n) is 4.54. The first-order chi connectivity index (χ1) is 13.8. The van der Waals surface area contributed by atoms with Gasteiger partial charge in [0.1, 0.15) is 0 Å². The van der Waals surface area contributed by atoms with Crippen LogP contribution in [0.5, 0.6) is 5.75 Å². The zero-order valence-electron chi connectivity index (χ0n) is 15.7. The Bertz CT molecular complexity index is 1080. The molecule has 0 aromatic heterocycles. The highest BCUT2D eigenvalue weighted by Gasteiger charge is 2.29. The maximum Gasteiger partial charge on any atom is 0.290 e. The second kappa shape index (κ2) is 7.57.